The third kappa shape index (κ3) is 5.56. The Hall–Kier alpha value is -2.09. The third-order valence-electron chi connectivity index (χ3n) is 3.18. The SMILES string of the molecule is Cc1ccc(B(O)O)cc1C=NN=C(N)SCc1ccccc1. The summed E-state index contributed by atoms with van der Waals surface area (Å²) in [5.74, 6) is 0.733. The zero-order valence-electron chi connectivity index (χ0n) is 12.8. The highest BCUT2D eigenvalue weighted by molar-refractivity contribution is 8.13. The summed E-state index contributed by atoms with van der Waals surface area (Å²) in [6.45, 7) is 1.91. The van der Waals surface area contributed by atoms with E-state index in [9.17, 15) is 10.0 Å². The van der Waals surface area contributed by atoms with Crippen molar-refractivity contribution in [3.05, 3.63) is 65.2 Å². The number of aryl methyl sites for hydroxylation is 1. The van der Waals surface area contributed by atoms with Gasteiger partial charge in [0.1, 0.15) is 0 Å². The molecule has 7 heteroatoms. The van der Waals surface area contributed by atoms with Gasteiger partial charge in [-0.1, -0.05) is 60.3 Å². The monoisotopic (exact) mass is 327 g/mol. The summed E-state index contributed by atoms with van der Waals surface area (Å²) >= 11 is 1.41. The maximum atomic E-state index is 9.19. The number of rotatable bonds is 5. The molecule has 0 saturated heterocycles. The largest absolute Gasteiger partial charge is 0.488 e. The molecule has 4 N–H and O–H groups in total. The summed E-state index contributed by atoms with van der Waals surface area (Å²) in [5.41, 5.74) is 9.12. The van der Waals surface area contributed by atoms with Crippen molar-refractivity contribution in [2.45, 2.75) is 12.7 Å². The van der Waals surface area contributed by atoms with Crippen LogP contribution in [0.4, 0.5) is 0 Å². The molecule has 118 valence electrons. The Morgan fingerprint density at radius 3 is 2.65 bits per heavy atom. The second kappa shape index (κ2) is 8.52. The van der Waals surface area contributed by atoms with Crippen molar-refractivity contribution >= 4 is 35.7 Å². The Kier molecular flexibility index (Phi) is 6.40. The highest BCUT2D eigenvalue weighted by Gasteiger charge is 2.11. The molecule has 0 unspecified atom stereocenters. The van der Waals surface area contributed by atoms with Crippen LogP contribution in [-0.2, 0) is 5.75 Å². The molecule has 0 aliphatic carbocycles. The van der Waals surface area contributed by atoms with Gasteiger partial charge in [0.2, 0.25) is 0 Å². The lowest BCUT2D eigenvalue weighted by Crippen LogP contribution is -2.30. The topological polar surface area (TPSA) is 91.2 Å². The molecule has 0 bridgehead atoms. The summed E-state index contributed by atoms with van der Waals surface area (Å²) in [6.07, 6.45) is 1.55. The molecular weight excluding hydrogens is 309 g/mol. The number of hydrogen-bond acceptors (Lipinski definition) is 5. The van der Waals surface area contributed by atoms with E-state index in [4.69, 9.17) is 5.73 Å². The molecular formula is C16H18BN3O2S. The molecule has 0 amide bonds. The van der Waals surface area contributed by atoms with Crippen molar-refractivity contribution in [1.82, 2.24) is 0 Å². The minimum absolute atomic E-state index is 0.376. The fourth-order valence-corrected chi connectivity index (χ4v) is 2.48. The summed E-state index contributed by atoms with van der Waals surface area (Å²) in [4.78, 5) is 0. The molecule has 0 spiro atoms. The summed E-state index contributed by atoms with van der Waals surface area (Å²) in [5, 5.41) is 26.7. The van der Waals surface area contributed by atoms with Gasteiger partial charge in [-0.15, -0.1) is 5.10 Å². The highest BCUT2D eigenvalue weighted by Crippen LogP contribution is 2.11. The molecule has 5 nitrogen and oxygen atoms in total. The number of hydrogen-bond donors (Lipinski definition) is 3. The van der Waals surface area contributed by atoms with Crippen molar-refractivity contribution in [3.63, 3.8) is 0 Å². The molecule has 0 aromatic heterocycles. The second-order valence-corrected chi connectivity index (χ2v) is 5.94. The van der Waals surface area contributed by atoms with Gasteiger partial charge in [-0.3, -0.25) is 0 Å². The van der Waals surface area contributed by atoms with Gasteiger partial charge >= 0.3 is 7.12 Å². The van der Waals surface area contributed by atoms with Crippen molar-refractivity contribution in [3.8, 4) is 0 Å². The third-order valence-corrected chi connectivity index (χ3v) is 4.04. The van der Waals surface area contributed by atoms with Crippen molar-refractivity contribution in [2.75, 3.05) is 0 Å². The van der Waals surface area contributed by atoms with E-state index in [2.05, 4.69) is 10.2 Å². The van der Waals surface area contributed by atoms with Crippen LogP contribution in [0.1, 0.15) is 16.7 Å². The minimum atomic E-state index is -1.50. The molecule has 2 aromatic carbocycles. The summed E-state index contributed by atoms with van der Waals surface area (Å²) in [6, 6.07) is 15.1. The van der Waals surface area contributed by atoms with Crippen LogP contribution in [0, 0.1) is 6.92 Å². The maximum Gasteiger partial charge on any atom is 0.488 e. The predicted octanol–water partition coefficient (Wildman–Crippen LogP) is 1.26. The van der Waals surface area contributed by atoms with E-state index in [0.717, 1.165) is 16.9 Å². The van der Waals surface area contributed by atoms with Gasteiger partial charge in [0.05, 0.1) is 6.21 Å². The lowest BCUT2D eigenvalue weighted by Gasteiger charge is -2.03. The molecule has 0 saturated carbocycles. The fraction of sp³-hybridized carbons (Fsp3) is 0.125. The van der Waals surface area contributed by atoms with Crippen molar-refractivity contribution in [2.24, 2.45) is 15.9 Å². The van der Waals surface area contributed by atoms with E-state index in [1.165, 1.54) is 17.3 Å². The number of amidine groups is 1. The van der Waals surface area contributed by atoms with Crippen LogP contribution < -0.4 is 11.2 Å². The molecule has 0 heterocycles. The lowest BCUT2D eigenvalue weighted by molar-refractivity contribution is 0.426. The molecule has 23 heavy (non-hydrogen) atoms. The first-order chi connectivity index (χ1) is 11.1. The van der Waals surface area contributed by atoms with E-state index >= 15 is 0 Å². The Morgan fingerprint density at radius 2 is 1.96 bits per heavy atom. The van der Waals surface area contributed by atoms with Crippen LogP contribution in [0.2, 0.25) is 0 Å². The van der Waals surface area contributed by atoms with Gasteiger partial charge in [0.15, 0.2) is 5.17 Å². The average Bonchev–Trinajstić information content (AvgIpc) is 2.55. The molecule has 0 aliphatic rings. The Morgan fingerprint density at radius 1 is 1.22 bits per heavy atom. The number of nitrogens with zero attached hydrogens (tertiary/aromatic N) is 2. The predicted molar refractivity (Wildman–Crippen MR) is 98.0 cm³/mol. The van der Waals surface area contributed by atoms with Crippen LogP contribution in [0.5, 0.6) is 0 Å². The highest BCUT2D eigenvalue weighted by atomic mass is 32.2. The van der Waals surface area contributed by atoms with Gasteiger partial charge < -0.3 is 15.8 Å². The van der Waals surface area contributed by atoms with Crippen LogP contribution in [0.25, 0.3) is 0 Å². The van der Waals surface area contributed by atoms with Crippen LogP contribution >= 0.6 is 11.8 Å². The van der Waals surface area contributed by atoms with Crippen LogP contribution in [0.15, 0.2) is 58.7 Å². The minimum Gasteiger partial charge on any atom is -0.423 e. The Balaban J connectivity index is 1.98. The van der Waals surface area contributed by atoms with E-state index in [0.29, 0.717) is 10.6 Å². The smallest absolute Gasteiger partial charge is 0.423 e. The fourth-order valence-electron chi connectivity index (χ4n) is 1.87. The number of thioether (sulfide) groups is 1. The van der Waals surface area contributed by atoms with Gasteiger partial charge in [-0.25, -0.2) is 0 Å². The van der Waals surface area contributed by atoms with Gasteiger partial charge in [0, 0.05) is 5.75 Å². The first-order valence-corrected chi connectivity index (χ1v) is 8.04. The normalized spacial score (nSPS) is 11.9. The molecule has 2 aromatic rings. The zero-order valence-corrected chi connectivity index (χ0v) is 13.6. The molecule has 0 aliphatic heterocycles. The van der Waals surface area contributed by atoms with Gasteiger partial charge in [0.25, 0.3) is 0 Å². The Labute approximate surface area is 140 Å². The standard InChI is InChI=1S/C16H18BN3O2S/c1-12-7-8-15(17(21)22)9-14(12)10-19-20-16(18)23-11-13-5-3-2-4-6-13/h2-10,21-22H,11H2,1H3,(H2,18,20). The van der Waals surface area contributed by atoms with Gasteiger partial charge in [-0.05, 0) is 29.1 Å². The Bertz CT molecular complexity index is 706. The van der Waals surface area contributed by atoms with E-state index in [-0.39, 0.29) is 0 Å². The summed E-state index contributed by atoms with van der Waals surface area (Å²) < 4.78 is 0. The average molecular weight is 327 g/mol. The molecule has 0 radical (unpaired) electrons. The zero-order chi connectivity index (χ0) is 16.7. The molecule has 2 rings (SSSR count). The van der Waals surface area contributed by atoms with E-state index < -0.39 is 7.12 Å². The molecule has 0 fully saturated rings. The lowest BCUT2D eigenvalue weighted by atomic mass is 9.79. The second-order valence-electron chi connectivity index (χ2n) is 4.95. The number of nitrogens with two attached hydrogens (primary N) is 1. The van der Waals surface area contributed by atoms with E-state index in [1.54, 1.807) is 24.4 Å². The quantitative estimate of drug-likeness (QED) is 0.334. The first-order valence-electron chi connectivity index (χ1n) is 7.06. The molecule has 0 atom stereocenters. The van der Waals surface area contributed by atoms with E-state index in [1.807, 2.05) is 37.3 Å². The summed E-state index contributed by atoms with van der Waals surface area (Å²) in [7, 11) is -1.50. The van der Waals surface area contributed by atoms with Gasteiger partial charge in [-0.2, -0.15) is 5.10 Å². The van der Waals surface area contributed by atoms with Crippen molar-refractivity contribution < 1.29 is 10.0 Å². The number of benzene rings is 2. The first kappa shape index (κ1) is 17.3. The maximum absolute atomic E-state index is 9.19. The van der Waals surface area contributed by atoms with Crippen LogP contribution in [-0.4, -0.2) is 28.5 Å². The van der Waals surface area contributed by atoms with Crippen LogP contribution in [0.3, 0.4) is 0 Å². The van der Waals surface area contributed by atoms with Crippen molar-refractivity contribution in [1.29, 1.82) is 0 Å².